The molecule has 1 aliphatic heterocycles. The molecule has 0 spiro atoms. The molecule has 0 aromatic carbocycles. The zero-order valence-corrected chi connectivity index (χ0v) is 8.42. The molecule has 0 radical (unpaired) electrons. The van der Waals surface area contributed by atoms with E-state index in [9.17, 15) is 0 Å². The van der Waals surface area contributed by atoms with Crippen LogP contribution in [0.25, 0.3) is 0 Å². The molecule has 1 atom stereocenters. The van der Waals surface area contributed by atoms with Crippen LogP contribution in [-0.2, 0) is 0 Å². The van der Waals surface area contributed by atoms with Gasteiger partial charge in [-0.2, -0.15) is 0 Å². The summed E-state index contributed by atoms with van der Waals surface area (Å²) < 4.78 is 0. The first-order valence-corrected chi connectivity index (χ1v) is 5.36. The van der Waals surface area contributed by atoms with Crippen LogP contribution in [0.2, 0.25) is 0 Å². The average Bonchev–Trinajstić information content (AvgIpc) is 2.20. The second kappa shape index (κ2) is 3.67. The summed E-state index contributed by atoms with van der Waals surface area (Å²) in [5.74, 6) is 0.884. The second-order valence-electron chi connectivity index (χ2n) is 4.52. The van der Waals surface area contributed by atoms with Crippen LogP contribution >= 0.6 is 0 Å². The Morgan fingerprint density at radius 2 is 2.00 bits per heavy atom. The highest BCUT2D eigenvalue weighted by Gasteiger charge is 2.32. The molecule has 0 aromatic heterocycles. The lowest BCUT2D eigenvalue weighted by Gasteiger charge is -2.38. The van der Waals surface area contributed by atoms with Crippen LogP contribution in [0.3, 0.4) is 0 Å². The quantitative estimate of drug-likeness (QED) is 0.649. The molecule has 0 bridgehead atoms. The van der Waals surface area contributed by atoms with Crippen LogP contribution < -0.4 is 5.32 Å². The highest BCUT2D eigenvalue weighted by atomic mass is 14.9. The van der Waals surface area contributed by atoms with Crippen molar-refractivity contribution < 1.29 is 0 Å². The van der Waals surface area contributed by atoms with Gasteiger partial charge in [-0.05, 0) is 43.7 Å². The summed E-state index contributed by atoms with van der Waals surface area (Å²) in [4.78, 5) is 0. The molecular formula is C12H19N. The smallest absolute Gasteiger partial charge is 0.00460 e. The molecule has 72 valence electrons. The zero-order valence-electron chi connectivity index (χ0n) is 8.42. The lowest BCUT2D eigenvalue weighted by molar-refractivity contribution is 0.200. The predicted octanol–water partition coefficient (Wildman–Crippen LogP) is 2.51. The van der Waals surface area contributed by atoms with Gasteiger partial charge in [-0.3, -0.25) is 0 Å². The van der Waals surface area contributed by atoms with Gasteiger partial charge in [0.25, 0.3) is 0 Å². The van der Waals surface area contributed by atoms with E-state index < -0.39 is 0 Å². The van der Waals surface area contributed by atoms with Crippen molar-refractivity contribution in [3.8, 4) is 0 Å². The Balaban J connectivity index is 2.04. The van der Waals surface area contributed by atoms with Crippen LogP contribution in [-0.4, -0.2) is 13.1 Å². The second-order valence-corrected chi connectivity index (χ2v) is 4.52. The third-order valence-electron chi connectivity index (χ3n) is 3.55. The zero-order chi connectivity index (χ0) is 9.15. The van der Waals surface area contributed by atoms with Crippen LogP contribution in [0, 0.1) is 11.3 Å². The normalized spacial score (nSPS) is 35.2. The van der Waals surface area contributed by atoms with Gasteiger partial charge in [0.05, 0.1) is 0 Å². The molecule has 13 heavy (non-hydrogen) atoms. The molecule has 1 unspecified atom stereocenters. The monoisotopic (exact) mass is 177 g/mol. The Hall–Kier alpha value is -0.560. The van der Waals surface area contributed by atoms with E-state index in [1.54, 1.807) is 0 Å². The summed E-state index contributed by atoms with van der Waals surface area (Å²) in [6.45, 7) is 4.82. The number of nitrogens with one attached hydrogen (secondary N) is 1. The standard InChI is InChI=1S/C12H19N/c1-12(7-3-2-4-8-12)11-5-9-13-10-6-11/h2-4,7,11,13H,5-6,8-10H2,1H3. The summed E-state index contributed by atoms with van der Waals surface area (Å²) >= 11 is 0. The van der Waals surface area contributed by atoms with Crippen molar-refractivity contribution in [3.63, 3.8) is 0 Å². The molecule has 0 amide bonds. The van der Waals surface area contributed by atoms with Crippen LogP contribution in [0.5, 0.6) is 0 Å². The fourth-order valence-electron chi connectivity index (χ4n) is 2.53. The minimum atomic E-state index is 0.441. The van der Waals surface area contributed by atoms with Crippen molar-refractivity contribution in [2.45, 2.75) is 26.2 Å². The third-order valence-corrected chi connectivity index (χ3v) is 3.55. The summed E-state index contributed by atoms with van der Waals surface area (Å²) in [5.41, 5.74) is 0.441. The molecule has 2 rings (SSSR count). The Kier molecular flexibility index (Phi) is 2.54. The molecule has 1 nitrogen and oxygen atoms in total. The first kappa shape index (κ1) is 9.01. The fourth-order valence-corrected chi connectivity index (χ4v) is 2.53. The highest BCUT2D eigenvalue weighted by molar-refractivity contribution is 5.17. The van der Waals surface area contributed by atoms with E-state index >= 15 is 0 Å². The number of hydrogen-bond acceptors (Lipinski definition) is 1. The van der Waals surface area contributed by atoms with Gasteiger partial charge < -0.3 is 5.32 Å². The van der Waals surface area contributed by atoms with Gasteiger partial charge in [-0.15, -0.1) is 0 Å². The van der Waals surface area contributed by atoms with Crippen molar-refractivity contribution in [2.24, 2.45) is 11.3 Å². The molecule has 1 heteroatoms. The van der Waals surface area contributed by atoms with Crippen molar-refractivity contribution >= 4 is 0 Å². The van der Waals surface area contributed by atoms with Crippen molar-refractivity contribution in [3.05, 3.63) is 24.3 Å². The topological polar surface area (TPSA) is 12.0 Å². The van der Waals surface area contributed by atoms with Gasteiger partial charge in [0, 0.05) is 0 Å². The van der Waals surface area contributed by atoms with E-state index in [4.69, 9.17) is 0 Å². The Labute approximate surface area is 80.9 Å². The molecule has 2 aliphatic rings. The molecular weight excluding hydrogens is 158 g/mol. The van der Waals surface area contributed by atoms with Crippen LogP contribution in [0.1, 0.15) is 26.2 Å². The van der Waals surface area contributed by atoms with Gasteiger partial charge in [-0.25, -0.2) is 0 Å². The first-order valence-electron chi connectivity index (χ1n) is 5.36. The molecule has 0 aromatic rings. The molecule has 1 fully saturated rings. The lowest BCUT2D eigenvalue weighted by Crippen LogP contribution is -2.36. The third kappa shape index (κ3) is 1.86. The summed E-state index contributed by atoms with van der Waals surface area (Å²) in [6, 6.07) is 0. The van der Waals surface area contributed by atoms with Gasteiger partial charge in [0.2, 0.25) is 0 Å². The lowest BCUT2D eigenvalue weighted by atomic mass is 9.69. The number of hydrogen-bond donors (Lipinski definition) is 1. The maximum atomic E-state index is 3.43. The SMILES string of the molecule is CC1(C2CCNCC2)C=CC=CC1. The van der Waals surface area contributed by atoms with Gasteiger partial charge in [0.1, 0.15) is 0 Å². The minimum Gasteiger partial charge on any atom is -0.317 e. The molecule has 1 saturated heterocycles. The summed E-state index contributed by atoms with van der Waals surface area (Å²) in [5, 5.41) is 3.43. The molecule has 1 N–H and O–H groups in total. The van der Waals surface area contributed by atoms with Crippen molar-refractivity contribution in [2.75, 3.05) is 13.1 Å². The van der Waals surface area contributed by atoms with E-state index in [-0.39, 0.29) is 0 Å². The van der Waals surface area contributed by atoms with Gasteiger partial charge in [0.15, 0.2) is 0 Å². The van der Waals surface area contributed by atoms with Crippen molar-refractivity contribution in [1.29, 1.82) is 0 Å². The predicted molar refractivity (Wildman–Crippen MR) is 56.6 cm³/mol. The maximum absolute atomic E-state index is 3.43. The Morgan fingerprint density at radius 3 is 2.62 bits per heavy atom. The Bertz CT molecular complexity index is 223. The van der Waals surface area contributed by atoms with Gasteiger partial charge >= 0.3 is 0 Å². The number of allylic oxidation sites excluding steroid dienone is 4. The van der Waals surface area contributed by atoms with Crippen molar-refractivity contribution in [1.82, 2.24) is 5.32 Å². The largest absolute Gasteiger partial charge is 0.317 e. The van der Waals surface area contributed by atoms with E-state index in [0.29, 0.717) is 5.41 Å². The number of rotatable bonds is 1. The van der Waals surface area contributed by atoms with Gasteiger partial charge in [-0.1, -0.05) is 31.2 Å². The maximum Gasteiger partial charge on any atom is -0.00460 e. The molecule has 0 saturated carbocycles. The fraction of sp³-hybridized carbons (Fsp3) is 0.667. The summed E-state index contributed by atoms with van der Waals surface area (Å²) in [7, 11) is 0. The van der Waals surface area contributed by atoms with E-state index in [1.807, 2.05) is 0 Å². The van der Waals surface area contributed by atoms with E-state index in [1.165, 1.54) is 32.4 Å². The van der Waals surface area contributed by atoms with Crippen LogP contribution in [0.4, 0.5) is 0 Å². The van der Waals surface area contributed by atoms with E-state index in [0.717, 1.165) is 5.92 Å². The highest BCUT2D eigenvalue weighted by Crippen LogP contribution is 2.39. The Morgan fingerprint density at radius 1 is 1.23 bits per heavy atom. The first-order chi connectivity index (χ1) is 6.31. The number of piperidine rings is 1. The molecule has 1 aliphatic carbocycles. The summed E-state index contributed by atoms with van der Waals surface area (Å²) in [6.07, 6.45) is 13.0. The van der Waals surface area contributed by atoms with Crippen LogP contribution in [0.15, 0.2) is 24.3 Å². The van der Waals surface area contributed by atoms with E-state index in [2.05, 4.69) is 36.5 Å². The molecule has 1 heterocycles. The minimum absolute atomic E-state index is 0.441. The average molecular weight is 177 g/mol.